The van der Waals surface area contributed by atoms with Gasteiger partial charge in [0.2, 0.25) is 0 Å². The molecule has 0 saturated carbocycles. The van der Waals surface area contributed by atoms with E-state index in [0.717, 1.165) is 5.56 Å². The Morgan fingerprint density at radius 1 is 1.12 bits per heavy atom. The van der Waals surface area contributed by atoms with E-state index in [1.165, 1.54) is 0 Å². The number of benzene rings is 1. The van der Waals surface area contributed by atoms with Crippen molar-refractivity contribution in [2.75, 3.05) is 6.61 Å². The highest BCUT2D eigenvalue weighted by molar-refractivity contribution is 6.74. The Kier molecular flexibility index (Phi) is 7.45. The first kappa shape index (κ1) is 22.7. The molecule has 0 unspecified atom stereocenters. The van der Waals surface area contributed by atoms with Crippen LogP contribution >= 0.6 is 0 Å². The molecule has 1 aromatic carbocycles. The molecule has 1 amide bonds. The summed E-state index contributed by atoms with van der Waals surface area (Å²) < 4.78 is 11.6. The van der Waals surface area contributed by atoms with Crippen molar-refractivity contribution in [1.82, 2.24) is 5.32 Å². The van der Waals surface area contributed by atoms with Crippen LogP contribution in [0.4, 0.5) is 4.79 Å². The molecule has 0 radical (unpaired) electrons. The number of hydrogen-bond donors (Lipinski definition) is 2. The molecule has 2 atom stereocenters. The number of aliphatic hydroxyl groups excluding tert-OH is 1. The monoisotopic (exact) mass is 381 g/mol. The van der Waals surface area contributed by atoms with Crippen molar-refractivity contribution in [3.63, 3.8) is 0 Å². The van der Waals surface area contributed by atoms with Crippen LogP contribution in [0.3, 0.4) is 0 Å². The maximum atomic E-state index is 12.2. The van der Waals surface area contributed by atoms with Crippen LogP contribution in [0.25, 0.3) is 0 Å². The zero-order valence-corrected chi connectivity index (χ0v) is 18.4. The van der Waals surface area contributed by atoms with Gasteiger partial charge in [-0.25, -0.2) is 4.79 Å². The number of nitrogens with one attached hydrogen (secondary N) is 1. The Balaban J connectivity index is 2.93. The second kappa shape index (κ2) is 8.54. The molecule has 0 aliphatic carbocycles. The van der Waals surface area contributed by atoms with Gasteiger partial charge >= 0.3 is 6.09 Å². The summed E-state index contributed by atoms with van der Waals surface area (Å²) >= 11 is 0. The molecule has 0 fully saturated rings. The van der Waals surface area contributed by atoms with E-state index in [1.54, 1.807) is 20.8 Å². The van der Waals surface area contributed by atoms with Crippen molar-refractivity contribution in [2.45, 2.75) is 77.4 Å². The van der Waals surface area contributed by atoms with Gasteiger partial charge in [0.05, 0.1) is 12.6 Å². The third-order valence-electron chi connectivity index (χ3n) is 4.65. The van der Waals surface area contributed by atoms with Crippen LogP contribution in [0, 0.1) is 0 Å². The second-order valence-corrected chi connectivity index (χ2v) is 14.0. The first-order valence-electron chi connectivity index (χ1n) is 9.09. The molecule has 0 heterocycles. The number of carbonyl (C=O) groups is 1. The summed E-state index contributed by atoms with van der Waals surface area (Å²) in [4.78, 5) is 12.2. The third-order valence-corrected chi connectivity index (χ3v) is 9.16. The minimum atomic E-state index is -2.02. The van der Waals surface area contributed by atoms with Gasteiger partial charge in [-0.3, -0.25) is 0 Å². The lowest BCUT2D eigenvalue weighted by atomic mass is 10.0. The largest absolute Gasteiger partial charge is 0.444 e. The van der Waals surface area contributed by atoms with Gasteiger partial charge in [-0.15, -0.1) is 0 Å². The predicted molar refractivity (Wildman–Crippen MR) is 108 cm³/mol. The van der Waals surface area contributed by atoms with Crippen molar-refractivity contribution in [2.24, 2.45) is 0 Å². The van der Waals surface area contributed by atoms with Crippen LogP contribution in [-0.2, 0) is 9.16 Å². The highest BCUT2D eigenvalue weighted by atomic mass is 28.4. The topological polar surface area (TPSA) is 67.8 Å². The maximum absolute atomic E-state index is 12.2. The van der Waals surface area contributed by atoms with Crippen molar-refractivity contribution in [3.05, 3.63) is 35.9 Å². The van der Waals surface area contributed by atoms with Crippen LogP contribution in [-0.4, -0.2) is 37.8 Å². The molecule has 6 heteroatoms. The maximum Gasteiger partial charge on any atom is 0.408 e. The lowest BCUT2D eigenvalue weighted by Crippen LogP contribution is -2.49. The fourth-order valence-electron chi connectivity index (χ4n) is 2.07. The number of carbonyl (C=O) groups excluding carboxylic acids is 1. The van der Waals surface area contributed by atoms with Gasteiger partial charge in [0.15, 0.2) is 8.32 Å². The lowest BCUT2D eigenvalue weighted by Gasteiger charge is -2.38. The van der Waals surface area contributed by atoms with E-state index in [2.05, 4.69) is 39.2 Å². The highest BCUT2D eigenvalue weighted by Crippen LogP contribution is 2.37. The molecule has 5 nitrogen and oxygen atoms in total. The van der Waals surface area contributed by atoms with E-state index in [-0.39, 0.29) is 11.6 Å². The summed E-state index contributed by atoms with van der Waals surface area (Å²) in [6.07, 6.45) is -1.44. The number of hydrogen-bond acceptors (Lipinski definition) is 4. The van der Waals surface area contributed by atoms with Gasteiger partial charge in [0.25, 0.3) is 0 Å². The fourth-order valence-corrected chi connectivity index (χ4v) is 3.10. The molecule has 0 saturated heterocycles. The van der Waals surface area contributed by atoms with E-state index < -0.39 is 32.2 Å². The molecule has 2 N–H and O–H groups in total. The van der Waals surface area contributed by atoms with Crippen molar-refractivity contribution < 1.29 is 19.1 Å². The number of ether oxygens (including phenoxy) is 1. The summed E-state index contributed by atoms with van der Waals surface area (Å²) in [7, 11) is -2.02. The summed E-state index contributed by atoms with van der Waals surface area (Å²) in [5, 5.41) is 13.6. The summed E-state index contributed by atoms with van der Waals surface area (Å²) in [5.74, 6) is 0. The van der Waals surface area contributed by atoms with Gasteiger partial charge in [0.1, 0.15) is 11.7 Å². The zero-order valence-electron chi connectivity index (χ0n) is 17.4. The van der Waals surface area contributed by atoms with Gasteiger partial charge in [-0.1, -0.05) is 51.1 Å². The Labute approximate surface area is 159 Å². The van der Waals surface area contributed by atoms with Gasteiger partial charge in [-0.05, 0) is 44.5 Å². The highest BCUT2D eigenvalue weighted by Gasteiger charge is 2.38. The molecule has 148 valence electrons. The quantitative estimate of drug-likeness (QED) is 0.705. The summed E-state index contributed by atoms with van der Waals surface area (Å²) in [5.41, 5.74) is 0.125. The molecule has 1 rings (SSSR count). The lowest BCUT2D eigenvalue weighted by molar-refractivity contribution is 0.0358. The molecule has 0 bridgehead atoms. The molecular formula is C20H35NO4Si. The van der Waals surface area contributed by atoms with Gasteiger partial charge < -0.3 is 19.6 Å². The van der Waals surface area contributed by atoms with E-state index in [9.17, 15) is 9.90 Å². The Morgan fingerprint density at radius 3 is 2.12 bits per heavy atom. The smallest absolute Gasteiger partial charge is 0.408 e. The first-order valence-corrected chi connectivity index (χ1v) is 12.0. The van der Waals surface area contributed by atoms with Crippen LogP contribution in [0.5, 0.6) is 0 Å². The fraction of sp³-hybridized carbons (Fsp3) is 0.650. The van der Waals surface area contributed by atoms with Crippen molar-refractivity contribution >= 4 is 14.4 Å². The number of alkyl carbamates (subject to hydrolysis) is 1. The van der Waals surface area contributed by atoms with Crippen molar-refractivity contribution in [1.29, 1.82) is 0 Å². The van der Waals surface area contributed by atoms with Crippen LogP contribution in [0.1, 0.15) is 53.2 Å². The molecule has 0 aliphatic rings. The Hall–Kier alpha value is -1.37. The number of rotatable bonds is 6. The molecule has 0 aromatic heterocycles. The van der Waals surface area contributed by atoms with E-state index in [4.69, 9.17) is 9.16 Å². The van der Waals surface area contributed by atoms with Crippen molar-refractivity contribution in [3.8, 4) is 0 Å². The van der Waals surface area contributed by atoms with Gasteiger partial charge in [-0.2, -0.15) is 0 Å². The van der Waals surface area contributed by atoms with E-state index in [1.807, 2.05) is 30.3 Å². The van der Waals surface area contributed by atoms with E-state index >= 15 is 0 Å². The SMILES string of the molecule is CC(C)(C)OC(=O)N[C@H](CO[Si](C)(C)C(C)(C)C)[C@@H](O)c1ccccc1. The van der Waals surface area contributed by atoms with Crippen LogP contribution < -0.4 is 5.32 Å². The summed E-state index contributed by atoms with van der Waals surface area (Å²) in [6, 6.07) is 8.68. The van der Waals surface area contributed by atoms with Gasteiger partial charge in [0, 0.05) is 0 Å². The molecule has 1 aromatic rings. The molecule has 0 spiro atoms. The Bertz CT molecular complexity index is 576. The minimum absolute atomic E-state index is 0.0428. The average Bonchev–Trinajstić information content (AvgIpc) is 2.48. The average molecular weight is 382 g/mol. The number of aliphatic hydroxyl groups is 1. The molecular weight excluding hydrogens is 346 g/mol. The number of amides is 1. The second-order valence-electron chi connectivity index (χ2n) is 9.18. The third kappa shape index (κ3) is 7.09. The minimum Gasteiger partial charge on any atom is -0.444 e. The zero-order chi connectivity index (χ0) is 20.2. The van der Waals surface area contributed by atoms with E-state index in [0.29, 0.717) is 0 Å². The van der Waals surface area contributed by atoms with Crippen LogP contribution in [0.15, 0.2) is 30.3 Å². The normalized spacial score (nSPS) is 15.3. The molecule has 0 aliphatic heterocycles. The molecule has 26 heavy (non-hydrogen) atoms. The first-order chi connectivity index (χ1) is 11.7. The summed E-state index contributed by atoms with van der Waals surface area (Å²) in [6.45, 7) is 16.4. The Morgan fingerprint density at radius 2 is 1.65 bits per heavy atom. The standard InChI is InChI=1S/C20H35NO4Si/c1-19(2,3)25-18(23)21-16(14-24-26(7,8)20(4,5)6)17(22)15-12-10-9-11-13-15/h9-13,16-17,22H,14H2,1-8H3,(H,21,23)/t16-,17+/m1/s1. The van der Waals surface area contributed by atoms with Crippen LogP contribution in [0.2, 0.25) is 18.1 Å². The predicted octanol–water partition coefficient (Wildman–Crippen LogP) is 4.64.